The zero-order valence-corrected chi connectivity index (χ0v) is 8.73. The van der Waals surface area contributed by atoms with Gasteiger partial charge < -0.3 is 9.84 Å². The lowest BCUT2D eigenvalue weighted by atomic mass is 9.82. The monoisotopic (exact) mass is 224 g/mol. The molecule has 1 aliphatic rings. The van der Waals surface area contributed by atoms with Crippen LogP contribution in [-0.4, -0.2) is 17.2 Å². The first kappa shape index (κ1) is 11.1. The summed E-state index contributed by atoms with van der Waals surface area (Å²) in [6.45, 7) is 0.342. The van der Waals surface area contributed by atoms with Crippen molar-refractivity contribution in [2.45, 2.75) is 25.6 Å². The van der Waals surface area contributed by atoms with E-state index in [1.807, 2.05) is 0 Å². The zero-order chi connectivity index (χ0) is 11.5. The summed E-state index contributed by atoms with van der Waals surface area (Å²) < 4.78 is 18.3. The fourth-order valence-corrected chi connectivity index (χ4v) is 1.74. The smallest absolute Gasteiger partial charge is 0.306 e. The van der Waals surface area contributed by atoms with Crippen molar-refractivity contribution >= 4 is 5.97 Å². The van der Waals surface area contributed by atoms with Crippen LogP contribution in [0, 0.1) is 11.7 Å². The summed E-state index contributed by atoms with van der Waals surface area (Å²) in [4.78, 5) is 10.5. The maximum atomic E-state index is 12.8. The fourth-order valence-electron chi connectivity index (χ4n) is 1.74. The first-order chi connectivity index (χ1) is 7.65. The van der Waals surface area contributed by atoms with Crippen molar-refractivity contribution in [3.8, 4) is 0 Å². The molecule has 1 fully saturated rings. The molecule has 16 heavy (non-hydrogen) atoms. The number of carbonyl (C=O) groups is 1. The van der Waals surface area contributed by atoms with E-state index in [2.05, 4.69) is 0 Å². The SMILES string of the molecule is O=C(O)[C@H]1C[C@H](OCc2cccc(F)c2)C1. The quantitative estimate of drug-likeness (QED) is 0.852. The molecular formula is C12H13FO3. The highest BCUT2D eigenvalue weighted by Gasteiger charge is 2.34. The van der Waals surface area contributed by atoms with Crippen LogP contribution in [0.25, 0.3) is 0 Å². The summed E-state index contributed by atoms with van der Waals surface area (Å²) in [5, 5.41) is 8.67. The molecule has 0 aliphatic heterocycles. The van der Waals surface area contributed by atoms with Gasteiger partial charge in [-0.3, -0.25) is 4.79 Å². The summed E-state index contributed by atoms with van der Waals surface area (Å²) >= 11 is 0. The predicted octanol–water partition coefficient (Wildman–Crippen LogP) is 2.21. The van der Waals surface area contributed by atoms with Crippen molar-refractivity contribution in [1.82, 2.24) is 0 Å². The minimum Gasteiger partial charge on any atom is -0.481 e. The number of carboxylic acids is 1. The van der Waals surface area contributed by atoms with Crippen molar-refractivity contribution in [1.29, 1.82) is 0 Å². The maximum Gasteiger partial charge on any atom is 0.306 e. The van der Waals surface area contributed by atoms with Crippen LogP contribution >= 0.6 is 0 Å². The number of hydrogen-bond acceptors (Lipinski definition) is 2. The van der Waals surface area contributed by atoms with Gasteiger partial charge in [-0.1, -0.05) is 12.1 Å². The van der Waals surface area contributed by atoms with Crippen LogP contribution in [0.5, 0.6) is 0 Å². The molecular weight excluding hydrogens is 211 g/mol. The van der Waals surface area contributed by atoms with Gasteiger partial charge in [0.1, 0.15) is 5.82 Å². The molecule has 86 valence electrons. The molecule has 0 amide bonds. The Labute approximate surface area is 92.9 Å². The number of hydrogen-bond donors (Lipinski definition) is 1. The van der Waals surface area contributed by atoms with Gasteiger partial charge in [-0.05, 0) is 30.5 Å². The zero-order valence-electron chi connectivity index (χ0n) is 8.73. The Morgan fingerprint density at radius 1 is 1.50 bits per heavy atom. The van der Waals surface area contributed by atoms with Crippen molar-refractivity contribution in [3.63, 3.8) is 0 Å². The average molecular weight is 224 g/mol. The molecule has 1 aromatic carbocycles. The second-order valence-corrected chi connectivity index (χ2v) is 4.07. The molecule has 0 spiro atoms. The Bertz CT molecular complexity index is 386. The van der Waals surface area contributed by atoms with Crippen molar-refractivity contribution in [2.75, 3.05) is 0 Å². The Kier molecular flexibility index (Phi) is 3.19. The molecule has 0 saturated heterocycles. The standard InChI is InChI=1S/C12H13FO3/c13-10-3-1-2-8(4-10)7-16-11-5-9(6-11)12(14)15/h1-4,9,11H,5-7H2,(H,14,15)/t9-,11-. The molecule has 0 atom stereocenters. The second-order valence-electron chi connectivity index (χ2n) is 4.07. The van der Waals surface area contributed by atoms with Crippen molar-refractivity contribution < 1.29 is 19.0 Å². The first-order valence-electron chi connectivity index (χ1n) is 5.24. The lowest BCUT2D eigenvalue weighted by Crippen LogP contribution is -2.36. The third-order valence-electron chi connectivity index (χ3n) is 2.82. The number of benzene rings is 1. The van der Waals surface area contributed by atoms with Crippen LogP contribution < -0.4 is 0 Å². The highest BCUT2D eigenvalue weighted by molar-refractivity contribution is 5.71. The van der Waals surface area contributed by atoms with E-state index in [1.54, 1.807) is 12.1 Å². The molecule has 0 unspecified atom stereocenters. The van der Waals surface area contributed by atoms with E-state index in [0.717, 1.165) is 5.56 Å². The number of ether oxygens (including phenoxy) is 1. The molecule has 2 rings (SSSR count). The van der Waals surface area contributed by atoms with Crippen molar-refractivity contribution in [3.05, 3.63) is 35.6 Å². The molecule has 1 N–H and O–H groups in total. The minimum absolute atomic E-state index is 0.00404. The van der Waals surface area contributed by atoms with Crippen LogP contribution in [0.3, 0.4) is 0 Å². The van der Waals surface area contributed by atoms with Gasteiger partial charge >= 0.3 is 5.97 Å². The Morgan fingerprint density at radius 2 is 2.25 bits per heavy atom. The lowest BCUT2D eigenvalue weighted by molar-refractivity contribution is -0.151. The van der Waals surface area contributed by atoms with Crippen LogP contribution in [-0.2, 0) is 16.1 Å². The second kappa shape index (κ2) is 4.61. The number of carboxylic acid groups (broad SMARTS) is 1. The summed E-state index contributed by atoms with van der Waals surface area (Å²) in [5.41, 5.74) is 0.777. The third kappa shape index (κ3) is 2.58. The molecule has 1 saturated carbocycles. The Balaban J connectivity index is 1.75. The van der Waals surface area contributed by atoms with E-state index in [0.29, 0.717) is 19.4 Å². The van der Waals surface area contributed by atoms with Crippen LogP contribution in [0.2, 0.25) is 0 Å². The summed E-state index contributed by atoms with van der Waals surface area (Å²) in [6.07, 6.45) is 1.12. The molecule has 0 radical (unpaired) electrons. The van der Waals surface area contributed by atoms with Gasteiger partial charge in [0.05, 0.1) is 18.6 Å². The van der Waals surface area contributed by atoms with Gasteiger partial charge in [-0.2, -0.15) is 0 Å². The summed E-state index contributed by atoms with van der Waals surface area (Å²) in [5.74, 6) is -1.30. The highest BCUT2D eigenvalue weighted by atomic mass is 19.1. The van der Waals surface area contributed by atoms with Gasteiger partial charge in [0.25, 0.3) is 0 Å². The number of aliphatic carboxylic acids is 1. The highest BCUT2D eigenvalue weighted by Crippen LogP contribution is 2.30. The van der Waals surface area contributed by atoms with E-state index in [1.165, 1.54) is 12.1 Å². The van der Waals surface area contributed by atoms with Crippen molar-refractivity contribution in [2.24, 2.45) is 5.92 Å². The van der Waals surface area contributed by atoms with Crippen LogP contribution in [0.1, 0.15) is 18.4 Å². The summed E-state index contributed by atoms with van der Waals surface area (Å²) in [6, 6.07) is 6.23. The minimum atomic E-state index is -0.759. The largest absolute Gasteiger partial charge is 0.481 e. The van der Waals surface area contributed by atoms with Gasteiger partial charge in [0.15, 0.2) is 0 Å². The first-order valence-corrected chi connectivity index (χ1v) is 5.24. The van der Waals surface area contributed by atoms with Crippen LogP contribution in [0.15, 0.2) is 24.3 Å². The topological polar surface area (TPSA) is 46.5 Å². The molecule has 3 nitrogen and oxygen atoms in total. The Morgan fingerprint density at radius 3 is 2.88 bits per heavy atom. The van der Waals surface area contributed by atoms with E-state index in [4.69, 9.17) is 9.84 Å². The number of halogens is 1. The van der Waals surface area contributed by atoms with E-state index < -0.39 is 5.97 Å². The normalized spacial score (nSPS) is 23.8. The lowest BCUT2D eigenvalue weighted by Gasteiger charge is -2.32. The Hall–Kier alpha value is -1.42. The number of rotatable bonds is 4. The van der Waals surface area contributed by atoms with E-state index in [9.17, 15) is 9.18 Å². The van der Waals surface area contributed by atoms with Gasteiger partial charge in [-0.25, -0.2) is 4.39 Å². The molecule has 0 aromatic heterocycles. The summed E-state index contributed by atoms with van der Waals surface area (Å²) in [7, 11) is 0. The fraction of sp³-hybridized carbons (Fsp3) is 0.417. The molecule has 0 heterocycles. The maximum absolute atomic E-state index is 12.8. The average Bonchev–Trinajstić information content (AvgIpc) is 2.14. The van der Waals surface area contributed by atoms with Gasteiger partial charge in [0.2, 0.25) is 0 Å². The van der Waals surface area contributed by atoms with Crippen LogP contribution in [0.4, 0.5) is 4.39 Å². The molecule has 1 aromatic rings. The van der Waals surface area contributed by atoms with E-state index in [-0.39, 0.29) is 17.8 Å². The van der Waals surface area contributed by atoms with Gasteiger partial charge in [0, 0.05) is 0 Å². The molecule has 0 bridgehead atoms. The third-order valence-corrected chi connectivity index (χ3v) is 2.82. The van der Waals surface area contributed by atoms with E-state index >= 15 is 0 Å². The predicted molar refractivity (Wildman–Crippen MR) is 55.3 cm³/mol. The molecule has 4 heteroatoms. The van der Waals surface area contributed by atoms with Gasteiger partial charge in [-0.15, -0.1) is 0 Å². The molecule has 1 aliphatic carbocycles.